The Bertz CT molecular complexity index is 770. The van der Waals surface area contributed by atoms with Crippen molar-refractivity contribution in [1.29, 1.82) is 0 Å². The van der Waals surface area contributed by atoms with Crippen LogP contribution < -0.4 is 19.5 Å². The van der Waals surface area contributed by atoms with E-state index in [9.17, 15) is 4.79 Å². The van der Waals surface area contributed by atoms with Crippen LogP contribution in [-0.2, 0) is 24.2 Å². The fourth-order valence-electron chi connectivity index (χ4n) is 3.09. The summed E-state index contributed by atoms with van der Waals surface area (Å²) in [5, 5.41) is 2.97. The molecule has 5 nitrogen and oxygen atoms in total. The van der Waals surface area contributed by atoms with Crippen LogP contribution in [0.2, 0.25) is 0 Å². The molecule has 1 heterocycles. The third-order valence-corrected chi connectivity index (χ3v) is 4.38. The first-order valence-corrected chi connectivity index (χ1v) is 8.94. The summed E-state index contributed by atoms with van der Waals surface area (Å²) in [5.41, 5.74) is 3.04. The molecule has 1 atom stereocenters. The molecule has 1 N–H and O–H groups in total. The first-order valence-electron chi connectivity index (χ1n) is 8.94. The van der Waals surface area contributed by atoms with Crippen LogP contribution in [0.1, 0.15) is 30.5 Å². The highest BCUT2D eigenvalue weighted by atomic mass is 16.5. The molecular formula is C21H25NO4. The molecule has 0 radical (unpaired) electrons. The number of benzene rings is 2. The van der Waals surface area contributed by atoms with Gasteiger partial charge in [-0.2, -0.15) is 0 Å². The van der Waals surface area contributed by atoms with Crippen molar-refractivity contribution in [2.45, 2.75) is 39.3 Å². The smallest absolute Gasteiger partial charge is 0.224 e. The molecule has 26 heavy (non-hydrogen) atoms. The van der Waals surface area contributed by atoms with E-state index < -0.39 is 0 Å². The summed E-state index contributed by atoms with van der Waals surface area (Å²) >= 11 is 0. The number of amides is 1. The zero-order valence-corrected chi connectivity index (χ0v) is 15.5. The van der Waals surface area contributed by atoms with Crippen LogP contribution in [0, 0.1) is 0 Å². The maximum atomic E-state index is 12.3. The molecule has 138 valence electrons. The molecule has 1 aliphatic rings. The second kappa shape index (κ2) is 8.13. The Morgan fingerprint density at radius 2 is 2.04 bits per heavy atom. The van der Waals surface area contributed by atoms with E-state index in [2.05, 4.69) is 12.2 Å². The van der Waals surface area contributed by atoms with Crippen LogP contribution in [0.4, 0.5) is 0 Å². The molecule has 2 aromatic rings. The van der Waals surface area contributed by atoms with Crippen molar-refractivity contribution >= 4 is 5.91 Å². The van der Waals surface area contributed by atoms with Crippen molar-refractivity contribution in [3.05, 3.63) is 53.1 Å². The number of hydrogen-bond acceptors (Lipinski definition) is 4. The first-order chi connectivity index (χ1) is 12.6. The van der Waals surface area contributed by atoms with Crippen LogP contribution in [0.25, 0.3) is 0 Å². The van der Waals surface area contributed by atoms with Crippen LogP contribution in [0.5, 0.6) is 17.2 Å². The lowest BCUT2D eigenvalue weighted by Crippen LogP contribution is -2.24. The molecule has 0 saturated carbocycles. The predicted molar refractivity (Wildman–Crippen MR) is 99.9 cm³/mol. The predicted octanol–water partition coefficient (Wildman–Crippen LogP) is 3.28. The highest BCUT2D eigenvalue weighted by Gasteiger charge is 2.22. The van der Waals surface area contributed by atoms with Gasteiger partial charge in [0.2, 0.25) is 5.91 Å². The Labute approximate surface area is 154 Å². The lowest BCUT2D eigenvalue weighted by atomic mass is 10.1. The van der Waals surface area contributed by atoms with Crippen LogP contribution >= 0.6 is 0 Å². The van der Waals surface area contributed by atoms with Crippen molar-refractivity contribution in [3.8, 4) is 17.2 Å². The highest BCUT2D eigenvalue weighted by Crippen LogP contribution is 2.35. The van der Waals surface area contributed by atoms with Gasteiger partial charge in [-0.05, 0) is 43.7 Å². The van der Waals surface area contributed by atoms with E-state index in [1.54, 1.807) is 7.11 Å². The Morgan fingerprint density at radius 1 is 1.27 bits per heavy atom. The number of fused-ring (bicyclic) bond motifs is 1. The molecule has 1 unspecified atom stereocenters. The van der Waals surface area contributed by atoms with E-state index in [4.69, 9.17) is 14.2 Å². The monoisotopic (exact) mass is 355 g/mol. The van der Waals surface area contributed by atoms with Crippen molar-refractivity contribution in [2.75, 3.05) is 13.7 Å². The molecule has 0 spiro atoms. The summed E-state index contributed by atoms with van der Waals surface area (Å²) in [6.45, 7) is 5.01. The number of nitrogens with one attached hydrogen (secondary N) is 1. The molecule has 0 bridgehead atoms. The van der Waals surface area contributed by atoms with E-state index in [0.717, 1.165) is 40.4 Å². The summed E-state index contributed by atoms with van der Waals surface area (Å²) in [4.78, 5) is 12.3. The van der Waals surface area contributed by atoms with E-state index in [1.165, 1.54) is 0 Å². The molecule has 0 fully saturated rings. The zero-order chi connectivity index (χ0) is 18.5. The number of ether oxygens (including phenoxy) is 3. The van der Waals surface area contributed by atoms with Gasteiger partial charge in [-0.3, -0.25) is 4.79 Å². The Hall–Kier alpha value is -2.69. The summed E-state index contributed by atoms with van der Waals surface area (Å²) in [5.74, 6) is 2.45. The van der Waals surface area contributed by atoms with Gasteiger partial charge in [-0.25, -0.2) is 0 Å². The summed E-state index contributed by atoms with van der Waals surface area (Å²) in [6, 6.07) is 11.5. The van der Waals surface area contributed by atoms with Gasteiger partial charge in [0.15, 0.2) is 0 Å². The van der Waals surface area contributed by atoms with Gasteiger partial charge >= 0.3 is 0 Å². The van der Waals surface area contributed by atoms with Crippen LogP contribution in [0.3, 0.4) is 0 Å². The SMILES string of the molecule is CCOc1cc2c(cc1CNC(=O)Cc1ccc(OC)cc1)OC(C)C2. The van der Waals surface area contributed by atoms with Crippen molar-refractivity contribution < 1.29 is 19.0 Å². The maximum absolute atomic E-state index is 12.3. The van der Waals surface area contributed by atoms with Crippen molar-refractivity contribution in [1.82, 2.24) is 5.32 Å². The Balaban J connectivity index is 1.64. The minimum Gasteiger partial charge on any atom is -0.497 e. The van der Waals surface area contributed by atoms with Crippen molar-refractivity contribution in [2.24, 2.45) is 0 Å². The van der Waals surface area contributed by atoms with E-state index in [-0.39, 0.29) is 12.0 Å². The fourth-order valence-corrected chi connectivity index (χ4v) is 3.09. The molecule has 1 amide bonds. The molecule has 2 aromatic carbocycles. The van der Waals surface area contributed by atoms with E-state index in [1.807, 2.05) is 43.3 Å². The fraction of sp³-hybridized carbons (Fsp3) is 0.381. The molecule has 0 aliphatic carbocycles. The number of rotatable bonds is 7. The number of methoxy groups -OCH3 is 1. The second-order valence-corrected chi connectivity index (χ2v) is 6.43. The lowest BCUT2D eigenvalue weighted by molar-refractivity contribution is -0.120. The van der Waals surface area contributed by atoms with Gasteiger partial charge < -0.3 is 19.5 Å². The summed E-state index contributed by atoms with van der Waals surface area (Å²) in [7, 11) is 1.62. The number of carbonyl (C=O) groups is 1. The third-order valence-electron chi connectivity index (χ3n) is 4.38. The summed E-state index contributed by atoms with van der Waals surface area (Å²) < 4.78 is 16.7. The maximum Gasteiger partial charge on any atom is 0.224 e. The minimum absolute atomic E-state index is 0.0348. The van der Waals surface area contributed by atoms with E-state index in [0.29, 0.717) is 19.6 Å². The highest BCUT2D eigenvalue weighted by molar-refractivity contribution is 5.78. The van der Waals surface area contributed by atoms with Gasteiger partial charge in [0.1, 0.15) is 23.4 Å². The second-order valence-electron chi connectivity index (χ2n) is 6.43. The van der Waals surface area contributed by atoms with Gasteiger partial charge in [-0.1, -0.05) is 12.1 Å². The molecule has 1 aliphatic heterocycles. The van der Waals surface area contributed by atoms with E-state index >= 15 is 0 Å². The molecule has 0 aromatic heterocycles. The average Bonchev–Trinajstić information content (AvgIpc) is 2.99. The largest absolute Gasteiger partial charge is 0.497 e. The Kier molecular flexibility index (Phi) is 5.66. The Morgan fingerprint density at radius 3 is 2.73 bits per heavy atom. The molecule has 3 rings (SSSR count). The molecular weight excluding hydrogens is 330 g/mol. The minimum atomic E-state index is -0.0348. The van der Waals surface area contributed by atoms with Crippen molar-refractivity contribution in [3.63, 3.8) is 0 Å². The van der Waals surface area contributed by atoms with Crippen LogP contribution in [0.15, 0.2) is 36.4 Å². The van der Waals surface area contributed by atoms with Gasteiger partial charge in [0.25, 0.3) is 0 Å². The third kappa shape index (κ3) is 4.28. The number of carbonyl (C=O) groups excluding carboxylic acids is 1. The number of hydrogen-bond donors (Lipinski definition) is 1. The van der Waals surface area contributed by atoms with Gasteiger partial charge in [0, 0.05) is 24.1 Å². The molecule has 5 heteroatoms. The standard InChI is InChI=1S/C21H25NO4/c1-4-25-19-11-16-9-14(2)26-20(16)12-17(19)13-22-21(23)10-15-5-7-18(24-3)8-6-15/h5-8,11-12,14H,4,9-10,13H2,1-3H3,(H,22,23). The normalized spacial score (nSPS) is 15.1. The average molecular weight is 355 g/mol. The molecule has 0 saturated heterocycles. The first kappa shape index (κ1) is 18.1. The van der Waals surface area contributed by atoms with Gasteiger partial charge in [0.05, 0.1) is 20.1 Å². The van der Waals surface area contributed by atoms with Crippen LogP contribution in [-0.4, -0.2) is 25.7 Å². The lowest BCUT2D eigenvalue weighted by Gasteiger charge is -2.13. The topological polar surface area (TPSA) is 56.8 Å². The summed E-state index contributed by atoms with van der Waals surface area (Å²) in [6.07, 6.45) is 1.39. The zero-order valence-electron chi connectivity index (χ0n) is 15.5. The van der Waals surface area contributed by atoms with Gasteiger partial charge in [-0.15, -0.1) is 0 Å². The quantitative estimate of drug-likeness (QED) is 0.828.